The first kappa shape index (κ1) is 18.3. The number of hydrogen-bond acceptors (Lipinski definition) is 4. The average Bonchev–Trinajstić information content (AvgIpc) is 2.57. The standard InChI is InChI=1S/C16H17BrN4O2S/c1-24-15-7-6-13(10-19-15)20-14(22)8-9-18-16(23)21-12-4-2-11(17)3-5-12/h2-7,10H,8-9H2,1H3,(H,20,22)(H2,18,21,23). The molecule has 0 bridgehead atoms. The summed E-state index contributed by atoms with van der Waals surface area (Å²) < 4.78 is 0.935. The summed E-state index contributed by atoms with van der Waals surface area (Å²) in [4.78, 5) is 27.7. The van der Waals surface area contributed by atoms with Gasteiger partial charge in [0, 0.05) is 23.1 Å². The fourth-order valence-corrected chi connectivity index (χ4v) is 2.42. The number of amides is 3. The van der Waals surface area contributed by atoms with Crippen LogP contribution in [0, 0.1) is 0 Å². The number of aromatic nitrogens is 1. The van der Waals surface area contributed by atoms with Crippen LogP contribution in [0.1, 0.15) is 6.42 Å². The van der Waals surface area contributed by atoms with Crippen LogP contribution in [0.3, 0.4) is 0 Å². The highest BCUT2D eigenvalue weighted by molar-refractivity contribution is 9.10. The molecular weight excluding hydrogens is 392 g/mol. The summed E-state index contributed by atoms with van der Waals surface area (Å²) in [6.07, 6.45) is 3.72. The van der Waals surface area contributed by atoms with Crippen molar-refractivity contribution >= 4 is 51.0 Å². The van der Waals surface area contributed by atoms with E-state index in [0.29, 0.717) is 11.4 Å². The molecule has 0 saturated carbocycles. The molecule has 0 aliphatic heterocycles. The quantitative estimate of drug-likeness (QED) is 0.636. The summed E-state index contributed by atoms with van der Waals surface area (Å²) >= 11 is 4.86. The van der Waals surface area contributed by atoms with Gasteiger partial charge in [0.1, 0.15) is 0 Å². The van der Waals surface area contributed by atoms with Crippen LogP contribution >= 0.6 is 27.7 Å². The smallest absolute Gasteiger partial charge is 0.319 e. The van der Waals surface area contributed by atoms with Crippen LogP contribution < -0.4 is 16.0 Å². The molecule has 1 heterocycles. The number of rotatable bonds is 6. The van der Waals surface area contributed by atoms with Crippen molar-refractivity contribution in [2.24, 2.45) is 0 Å². The third-order valence-electron chi connectivity index (χ3n) is 2.97. The van der Waals surface area contributed by atoms with E-state index in [1.165, 1.54) is 11.8 Å². The van der Waals surface area contributed by atoms with Gasteiger partial charge >= 0.3 is 6.03 Å². The first-order chi connectivity index (χ1) is 11.6. The van der Waals surface area contributed by atoms with Gasteiger partial charge in [0.15, 0.2) is 0 Å². The number of pyridine rings is 1. The summed E-state index contributed by atoms with van der Waals surface area (Å²) in [7, 11) is 0. The Kier molecular flexibility index (Phi) is 7.07. The molecule has 8 heteroatoms. The number of carbonyl (C=O) groups excluding carboxylic acids is 2. The number of nitrogens with zero attached hydrogens (tertiary/aromatic N) is 1. The molecule has 126 valence electrons. The minimum absolute atomic E-state index is 0.179. The number of carbonyl (C=O) groups is 2. The molecule has 3 N–H and O–H groups in total. The van der Waals surface area contributed by atoms with Crippen molar-refractivity contribution in [3.05, 3.63) is 47.1 Å². The Labute approximate surface area is 152 Å². The number of hydrogen-bond donors (Lipinski definition) is 3. The predicted octanol–water partition coefficient (Wildman–Crippen LogP) is 3.72. The van der Waals surface area contributed by atoms with E-state index in [1.807, 2.05) is 24.5 Å². The summed E-state index contributed by atoms with van der Waals surface area (Å²) in [5.74, 6) is -0.183. The lowest BCUT2D eigenvalue weighted by Crippen LogP contribution is -2.31. The highest BCUT2D eigenvalue weighted by Gasteiger charge is 2.05. The molecule has 0 fully saturated rings. The monoisotopic (exact) mass is 408 g/mol. The maximum Gasteiger partial charge on any atom is 0.319 e. The van der Waals surface area contributed by atoms with Crippen LogP contribution in [0.5, 0.6) is 0 Å². The fraction of sp³-hybridized carbons (Fsp3) is 0.188. The Morgan fingerprint density at radius 1 is 1.08 bits per heavy atom. The Morgan fingerprint density at radius 3 is 2.42 bits per heavy atom. The van der Waals surface area contributed by atoms with Crippen LogP contribution in [0.25, 0.3) is 0 Å². The van der Waals surface area contributed by atoms with E-state index in [1.54, 1.807) is 24.4 Å². The zero-order valence-corrected chi connectivity index (χ0v) is 15.4. The number of halogens is 1. The zero-order valence-electron chi connectivity index (χ0n) is 13.0. The second kappa shape index (κ2) is 9.29. The van der Waals surface area contributed by atoms with Gasteiger partial charge in [-0.2, -0.15) is 0 Å². The summed E-state index contributed by atoms with van der Waals surface area (Å²) in [6.45, 7) is 0.241. The van der Waals surface area contributed by atoms with Crippen LogP contribution in [0.15, 0.2) is 52.1 Å². The number of urea groups is 1. The molecule has 0 aliphatic rings. The molecule has 3 amide bonds. The largest absolute Gasteiger partial charge is 0.337 e. The predicted molar refractivity (Wildman–Crippen MR) is 100 cm³/mol. The van der Waals surface area contributed by atoms with E-state index in [2.05, 4.69) is 36.9 Å². The topological polar surface area (TPSA) is 83.1 Å². The zero-order chi connectivity index (χ0) is 17.4. The van der Waals surface area contributed by atoms with Crippen molar-refractivity contribution in [3.8, 4) is 0 Å². The fourth-order valence-electron chi connectivity index (χ4n) is 1.80. The number of benzene rings is 1. The molecule has 0 unspecified atom stereocenters. The molecule has 2 rings (SSSR count). The van der Waals surface area contributed by atoms with E-state index in [9.17, 15) is 9.59 Å². The van der Waals surface area contributed by atoms with Crippen LogP contribution in [0.2, 0.25) is 0 Å². The van der Waals surface area contributed by atoms with Gasteiger partial charge in [0.2, 0.25) is 5.91 Å². The average molecular weight is 409 g/mol. The molecule has 2 aromatic rings. The number of anilines is 2. The molecule has 0 spiro atoms. The van der Waals surface area contributed by atoms with Crippen molar-refractivity contribution in [2.45, 2.75) is 11.4 Å². The van der Waals surface area contributed by atoms with Gasteiger partial charge < -0.3 is 16.0 Å². The van der Waals surface area contributed by atoms with Crippen molar-refractivity contribution in [1.82, 2.24) is 10.3 Å². The second-order valence-corrected chi connectivity index (χ2v) is 6.52. The van der Waals surface area contributed by atoms with E-state index < -0.39 is 0 Å². The van der Waals surface area contributed by atoms with Crippen LogP contribution in [0.4, 0.5) is 16.2 Å². The SMILES string of the molecule is CSc1ccc(NC(=O)CCNC(=O)Nc2ccc(Br)cc2)cn1. The maximum atomic E-state index is 11.8. The molecule has 0 atom stereocenters. The Morgan fingerprint density at radius 2 is 1.79 bits per heavy atom. The third kappa shape index (κ3) is 6.21. The Balaban J connectivity index is 1.69. The lowest BCUT2D eigenvalue weighted by Gasteiger charge is -2.08. The second-order valence-electron chi connectivity index (χ2n) is 4.78. The normalized spacial score (nSPS) is 10.1. The van der Waals surface area contributed by atoms with E-state index in [4.69, 9.17) is 0 Å². The van der Waals surface area contributed by atoms with Crippen molar-refractivity contribution in [2.75, 3.05) is 23.4 Å². The minimum atomic E-state index is -0.351. The van der Waals surface area contributed by atoms with Gasteiger partial charge in [-0.05, 0) is 42.7 Å². The maximum absolute atomic E-state index is 11.8. The molecule has 24 heavy (non-hydrogen) atoms. The summed E-state index contributed by atoms with van der Waals surface area (Å²) in [5, 5.41) is 8.95. The number of nitrogens with one attached hydrogen (secondary N) is 3. The molecule has 1 aromatic heterocycles. The van der Waals surface area contributed by atoms with Crippen molar-refractivity contribution in [1.29, 1.82) is 0 Å². The Hall–Kier alpha value is -2.06. The molecule has 6 nitrogen and oxygen atoms in total. The van der Waals surface area contributed by atoms with Gasteiger partial charge in [0.25, 0.3) is 0 Å². The van der Waals surface area contributed by atoms with E-state index in [0.717, 1.165) is 9.50 Å². The number of thioether (sulfide) groups is 1. The van der Waals surface area contributed by atoms with Crippen LogP contribution in [-0.4, -0.2) is 29.7 Å². The highest BCUT2D eigenvalue weighted by Crippen LogP contribution is 2.14. The summed E-state index contributed by atoms with van der Waals surface area (Å²) in [5.41, 5.74) is 1.32. The Bertz CT molecular complexity index is 692. The van der Waals surface area contributed by atoms with Gasteiger partial charge in [-0.25, -0.2) is 9.78 Å². The van der Waals surface area contributed by atoms with Crippen molar-refractivity contribution < 1.29 is 9.59 Å². The van der Waals surface area contributed by atoms with Crippen molar-refractivity contribution in [3.63, 3.8) is 0 Å². The highest BCUT2D eigenvalue weighted by atomic mass is 79.9. The molecule has 0 radical (unpaired) electrons. The molecule has 0 saturated heterocycles. The lowest BCUT2D eigenvalue weighted by atomic mass is 10.3. The van der Waals surface area contributed by atoms with Gasteiger partial charge in [-0.15, -0.1) is 11.8 Å². The van der Waals surface area contributed by atoms with Gasteiger partial charge in [0.05, 0.1) is 16.9 Å². The van der Waals surface area contributed by atoms with Gasteiger partial charge in [-0.1, -0.05) is 15.9 Å². The molecule has 0 aliphatic carbocycles. The third-order valence-corrected chi connectivity index (χ3v) is 4.16. The van der Waals surface area contributed by atoms with Gasteiger partial charge in [-0.3, -0.25) is 4.79 Å². The van der Waals surface area contributed by atoms with E-state index >= 15 is 0 Å². The lowest BCUT2D eigenvalue weighted by molar-refractivity contribution is -0.116. The first-order valence-corrected chi connectivity index (χ1v) is 9.19. The van der Waals surface area contributed by atoms with E-state index in [-0.39, 0.29) is 24.9 Å². The minimum Gasteiger partial charge on any atom is -0.337 e. The summed E-state index contributed by atoms with van der Waals surface area (Å²) in [6, 6.07) is 10.5. The molecular formula is C16H17BrN4O2S. The van der Waals surface area contributed by atoms with Crippen LogP contribution in [-0.2, 0) is 4.79 Å². The molecule has 1 aromatic carbocycles. The first-order valence-electron chi connectivity index (χ1n) is 7.17.